The minimum atomic E-state index is -4.35. The van der Waals surface area contributed by atoms with Crippen molar-refractivity contribution in [2.75, 3.05) is 20.6 Å². The molecule has 3 rings (SSSR count). The Morgan fingerprint density at radius 1 is 1.16 bits per heavy atom. The number of rotatable bonds is 9. The number of likely N-dealkylation sites (N-methyl/N-ethyl adjacent to an activating group) is 1. The van der Waals surface area contributed by atoms with Crippen molar-refractivity contribution in [2.45, 2.75) is 43.8 Å². The van der Waals surface area contributed by atoms with E-state index in [0.29, 0.717) is 18.5 Å². The number of nitrogens with one attached hydrogen (secondary N) is 1. The molecule has 2 N–H and O–H groups in total. The van der Waals surface area contributed by atoms with Crippen molar-refractivity contribution in [1.29, 1.82) is 0 Å². The number of aromatic nitrogens is 1. The highest BCUT2D eigenvalue weighted by molar-refractivity contribution is 5.77. The van der Waals surface area contributed by atoms with Crippen LogP contribution in [0.15, 0.2) is 48.8 Å². The highest BCUT2D eigenvalue weighted by atomic mass is 19.4. The molecule has 0 spiro atoms. The third-order valence-corrected chi connectivity index (χ3v) is 6.19. The fourth-order valence-electron chi connectivity index (χ4n) is 4.02. The molecule has 0 radical (unpaired) electrons. The Labute approximate surface area is 180 Å². The summed E-state index contributed by atoms with van der Waals surface area (Å²) in [6, 6.07) is 9.93. The molecule has 0 saturated heterocycles. The van der Waals surface area contributed by atoms with Crippen LogP contribution in [0.1, 0.15) is 36.3 Å². The first-order chi connectivity index (χ1) is 14.6. The molecular weight excluding hydrogens is 407 g/mol. The van der Waals surface area contributed by atoms with Gasteiger partial charge in [0.05, 0.1) is 5.41 Å². The van der Waals surface area contributed by atoms with Gasteiger partial charge in [0, 0.05) is 37.3 Å². The average Bonchev–Trinajstić information content (AvgIpc) is 3.53. The summed E-state index contributed by atoms with van der Waals surface area (Å²) in [7, 11) is 3.78. The zero-order valence-corrected chi connectivity index (χ0v) is 17.7. The number of alkyl halides is 3. The van der Waals surface area contributed by atoms with E-state index < -0.39 is 23.4 Å². The Morgan fingerprint density at radius 2 is 1.77 bits per heavy atom. The van der Waals surface area contributed by atoms with E-state index in [4.69, 9.17) is 0 Å². The predicted molar refractivity (Wildman–Crippen MR) is 112 cm³/mol. The largest absolute Gasteiger partial charge is 0.508 e. The molecule has 1 aliphatic rings. The van der Waals surface area contributed by atoms with Crippen molar-refractivity contribution in [3.63, 3.8) is 0 Å². The minimum Gasteiger partial charge on any atom is -0.508 e. The molecule has 1 aromatic carbocycles. The number of pyridine rings is 1. The van der Waals surface area contributed by atoms with E-state index in [9.17, 15) is 23.1 Å². The van der Waals surface area contributed by atoms with Gasteiger partial charge in [-0.25, -0.2) is 0 Å². The number of phenols is 1. The van der Waals surface area contributed by atoms with Gasteiger partial charge in [-0.3, -0.25) is 9.78 Å². The van der Waals surface area contributed by atoms with Gasteiger partial charge < -0.3 is 15.3 Å². The lowest BCUT2D eigenvalue weighted by Crippen LogP contribution is -2.42. The van der Waals surface area contributed by atoms with E-state index in [1.54, 1.807) is 24.3 Å². The molecule has 1 fully saturated rings. The summed E-state index contributed by atoms with van der Waals surface area (Å²) in [4.78, 5) is 18.6. The zero-order valence-electron chi connectivity index (χ0n) is 17.7. The zero-order chi connectivity index (χ0) is 22.6. The van der Waals surface area contributed by atoms with Crippen LogP contribution in [0.5, 0.6) is 5.75 Å². The Kier molecular flexibility index (Phi) is 6.89. The predicted octanol–water partition coefficient (Wildman–Crippen LogP) is 3.89. The standard InChI is InChI=1S/C23H28F3N3O2/c1-29(2)18(13-16-3-5-19(30)6-4-16)15-28-21(31)14-20(17-7-11-27-12-8-17)22(9-10-22)23(24,25)26/h3-8,11-12,18,20,30H,9-10,13-15H2,1-2H3,(H,28,31). The van der Waals surface area contributed by atoms with Crippen molar-refractivity contribution in [3.05, 3.63) is 59.9 Å². The second-order valence-electron chi connectivity index (χ2n) is 8.48. The number of aromatic hydroxyl groups is 1. The summed E-state index contributed by atoms with van der Waals surface area (Å²) in [6.07, 6.45) is -0.933. The fourth-order valence-corrected chi connectivity index (χ4v) is 4.02. The monoisotopic (exact) mass is 435 g/mol. The lowest BCUT2D eigenvalue weighted by Gasteiger charge is -2.30. The number of halogens is 3. The van der Waals surface area contributed by atoms with E-state index in [1.807, 2.05) is 31.1 Å². The van der Waals surface area contributed by atoms with E-state index >= 15 is 0 Å². The van der Waals surface area contributed by atoms with Gasteiger partial charge in [0.25, 0.3) is 0 Å². The Balaban J connectivity index is 1.67. The van der Waals surface area contributed by atoms with Crippen LogP contribution in [0, 0.1) is 5.41 Å². The number of hydrogen-bond acceptors (Lipinski definition) is 4. The Hall–Kier alpha value is -2.61. The second-order valence-corrected chi connectivity index (χ2v) is 8.48. The first-order valence-corrected chi connectivity index (χ1v) is 10.3. The molecule has 0 aliphatic heterocycles. The number of hydrogen-bond donors (Lipinski definition) is 2. The van der Waals surface area contributed by atoms with E-state index in [-0.39, 0.29) is 31.1 Å². The van der Waals surface area contributed by atoms with Crippen LogP contribution in [0.2, 0.25) is 0 Å². The van der Waals surface area contributed by atoms with Gasteiger partial charge in [-0.05, 0) is 68.8 Å². The third kappa shape index (κ3) is 5.55. The molecular formula is C23H28F3N3O2. The average molecular weight is 435 g/mol. The smallest absolute Gasteiger partial charge is 0.395 e. The highest BCUT2D eigenvalue weighted by Gasteiger charge is 2.67. The maximum absolute atomic E-state index is 13.8. The van der Waals surface area contributed by atoms with Gasteiger partial charge in [0.2, 0.25) is 5.91 Å². The lowest BCUT2D eigenvalue weighted by molar-refractivity contribution is -0.194. The van der Waals surface area contributed by atoms with Crippen LogP contribution < -0.4 is 5.32 Å². The van der Waals surface area contributed by atoms with Crippen molar-refractivity contribution < 1.29 is 23.1 Å². The van der Waals surface area contributed by atoms with Crippen LogP contribution in [0.3, 0.4) is 0 Å². The SMILES string of the molecule is CN(C)C(CNC(=O)CC(c1ccncc1)C1(C(F)(F)F)CC1)Cc1ccc(O)cc1. The maximum Gasteiger partial charge on any atom is 0.395 e. The number of carbonyl (C=O) groups excluding carboxylic acids is 1. The van der Waals surface area contributed by atoms with Gasteiger partial charge in [-0.15, -0.1) is 0 Å². The summed E-state index contributed by atoms with van der Waals surface area (Å²) >= 11 is 0. The molecule has 1 heterocycles. The quantitative estimate of drug-likeness (QED) is 0.627. The molecule has 1 saturated carbocycles. The van der Waals surface area contributed by atoms with Crippen LogP contribution in [-0.2, 0) is 11.2 Å². The molecule has 8 heteroatoms. The highest BCUT2D eigenvalue weighted by Crippen LogP contribution is 2.66. The fraction of sp³-hybridized carbons (Fsp3) is 0.478. The van der Waals surface area contributed by atoms with E-state index in [0.717, 1.165) is 5.56 Å². The van der Waals surface area contributed by atoms with E-state index in [2.05, 4.69) is 10.3 Å². The van der Waals surface area contributed by atoms with Gasteiger partial charge in [-0.1, -0.05) is 12.1 Å². The molecule has 31 heavy (non-hydrogen) atoms. The summed E-state index contributed by atoms with van der Waals surface area (Å²) in [5.41, 5.74) is -0.346. The normalized spacial score (nSPS) is 17.2. The van der Waals surface area contributed by atoms with Crippen LogP contribution >= 0.6 is 0 Å². The second kappa shape index (κ2) is 9.26. The molecule has 5 nitrogen and oxygen atoms in total. The molecule has 1 amide bonds. The Bertz CT molecular complexity index is 866. The van der Waals surface area contributed by atoms with Crippen LogP contribution in [0.25, 0.3) is 0 Å². The Morgan fingerprint density at radius 3 is 2.29 bits per heavy atom. The van der Waals surface area contributed by atoms with Crippen LogP contribution in [0.4, 0.5) is 13.2 Å². The van der Waals surface area contributed by atoms with Gasteiger partial charge in [0.1, 0.15) is 5.75 Å². The van der Waals surface area contributed by atoms with E-state index in [1.165, 1.54) is 12.4 Å². The third-order valence-electron chi connectivity index (χ3n) is 6.19. The summed E-state index contributed by atoms with van der Waals surface area (Å²) in [6.45, 7) is 0.314. The number of nitrogens with zero attached hydrogens (tertiary/aromatic N) is 2. The van der Waals surface area contributed by atoms with Crippen molar-refractivity contribution >= 4 is 5.91 Å². The van der Waals surface area contributed by atoms with Crippen LogP contribution in [-0.4, -0.2) is 53.8 Å². The molecule has 168 valence electrons. The van der Waals surface area contributed by atoms with Gasteiger partial charge in [-0.2, -0.15) is 13.2 Å². The van der Waals surface area contributed by atoms with Crippen molar-refractivity contribution in [1.82, 2.24) is 15.2 Å². The molecule has 0 bridgehead atoms. The molecule has 2 atom stereocenters. The first-order valence-electron chi connectivity index (χ1n) is 10.3. The maximum atomic E-state index is 13.8. The molecule has 2 unspecified atom stereocenters. The number of amides is 1. The minimum absolute atomic E-state index is 0.0367. The van der Waals surface area contributed by atoms with Gasteiger partial charge >= 0.3 is 6.18 Å². The van der Waals surface area contributed by atoms with Crippen molar-refractivity contribution in [3.8, 4) is 5.75 Å². The summed E-state index contributed by atoms with van der Waals surface area (Å²) < 4.78 is 41.4. The summed E-state index contributed by atoms with van der Waals surface area (Å²) in [5, 5.41) is 12.3. The summed E-state index contributed by atoms with van der Waals surface area (Å²) in [5.74, 6) is -1.14. The number of benzene rings is 1. The van der Waals surface area contributed by atoms with Crippen molar-refractivity contribution in [2.24, 2.45) is 5.41 Å². The molecule has 1 aromatic heterocycles. The number of carbonyl (C=O) groups is 1. The lowest BCUT2D eigenvalue weighted by atomic mass is 9.80. The molecule has 1 aliphatic carbocycles. The molecule has 2 aromatic rings. The first kappa shape index (κ1) is 23.1. The topological polar surface area (TPSA) is 65.5 Å². The number of phenolic OH excluding ortho intramolecular Hbond substituents is 1. The van der Waals surface area contributed by atoms with Gasteiger partial charge in [0.15, 0.2) is 0 Å².